The van der Waals surface area contributed by atoms with E-state index in [4.69, 9.17) is 0 Å². The Hall–Kier alpha value is -2.83. The molecule has 0 aliphatic heterocycles. The number of likely N-dealkylation sites (N-methyl/N-ethyl adjacent to an activating group) is 1. The van der Waals surface area contributed by atoms with Crippen molar-refractivity contribution in [3.8, 4) is 0 Å². The van der Waals surface area contributed by atoms with E-state index in [9.17, 15) is 8.42 Å². The van der Waals surface area contributed by atoms with Gasteiger partial charge in [-0.15, -0.1) is 0 Å². The number of benzene rings is 3. The maximum atomic E-state index is 13.7. The van der Waals surface area contributed by atoms with Crippen molar-refractivity contribution in [2.45, 2.75) is 30.6 Å². The van der Waals surface area contributed by atoms with Gasteiger partial charge in [0.05, 0.1) is 4.90 Å². The molecule has 1 N–H and O–H groups in total. The molecule has 0 saturated heterocycles. The lowest BCUT2D eigenvalue weighted by Gasteiger charge is -2.27. The smallest absolute Gasteiger partial charge is 0.263 e. The summed E-state index contributed by atoms with van der Waals surface area (Å²) in [7, 11) is -2.02. The molecule has 0 spiro atoms. The van der Waals surface area contributed by atoms with Crippen molar-refractivity contribution in [2.24, 2.45) is 0 Å². The van der Waals surface area contributed by atoms with Gasteiger partial charge in [0.25, 0.3) is 10.0 Å². The van der Waals surface area contributed by atoms with E-state index in [1.54, 1.807) is 19.2 Å². The molecule has 5 rings (SSSR count). The summed E-state index contributed by atoms with van der Waals surface area (Å²) < 4.78 is 29.9. The Labute approximate surface area is 203 Å². The van der Waals surface area contributed by atoms with Crippen LogP contribution in [0.3, 0.4) is 0 Å². The number of nitrogens with zero attached hydrogens (tertiary/aromatic N) is 1. The minimum Gasteiger partial charge on any atom is -0.361 e. The first kappa shape index (κ1) is 22.0. The molecule has 6 heteroatoms. The van der Waals surface area contributed by atoms with E-state index in [2.05, 4.69) is 39.1 Å². The van der Waals surface area contributed by atoms with Gasteiger partial charge >= 0.3 is 0 Å². The summed E-state index contributed by atoms with van der Waals surface area (Å²) in [6.07, 6.45) is 3.70. The first-order valence-electron chi connectivity index (χ1n) is 11.0. The zero-order valence-electron chi connectivity index (χ0n) is 18.5. The number of allylic oxidation sites excluding steroid dienone is 2. The molecule has 0 fully saturated rings. The number of rotatable bonds is 5. The van der Waals surface area contributed by atoms with Crippen molar-refractivity contribution in [3.63, 3.8) is 0 Å². The maximum absolute atomic E-state index is 13.7. The number of aryl methyl sites for hydroxylation is 1. The molecule has 1 aliphatic rings. The number of aromatic nitrogens is 1. The van der Waals surface area contributed by atoms with Gasteiger partial charge in [0.15, 0.2) is 0 Å². The lowest BCUT2D eigenvalue weighted by atomic mass is 9.95. The second-order valence-corrected chi connectivity index (χ2v) is 11.4. The molecule has 0 saturated carbocycles. The number of halogens is 1. The monoisotopic (exact) mass is 520 g/mol. The zero-order valence-corrected chi connectivity index (χ0v) is 20.9. The first-order chi connectivity index (χ1) is 15.9. The fourth-order valence-corrected chi connectivity index (χ4v) is 6.46. The number of nitrogens with one attached hydrogen (secondary N) is 1. The van der Waals surface area contributed by atoms with Gasteiger partial charge in [-0.2, -0.15) is 0 Å². The summed E-state index contributed by atoms with van der Waals surface area (Å²) in [4.78, 5) is 3.68. The average molecular weight is 521 g/mol. The Bertz CT molecular complexity index is 1460. The molecule has 1 heterocycles. The van der Waals surface area contributed by atoms with E-state index >= 15 is 0 Å². The molecule has 0 bridgehead atoms. The third kappa shape index (κ3) is 3.91. The Morgan fingerprint density at radius 2 is 1.73 bits per heavy atom. The fourth-order valence-electron chi connectivity index (χ4n) is 4.81. The Morgan fingerprint density at radius 1 is 1.00 bits per heavy atom. The highest BCUT2D eigenvalue weighted by molar-refractivity contribution is 9.10. The summed E-state index contributed by atoms with van der Waals surface area (Å²) in [5.74, 6) is -0.0338. The number of fused-ring (bicyclic) bond motifs is 1. The van der Waals surface area contributed by atoms with Gasteiger partial charge < -0.3 is 4.98 Å². The predicted octanol–water partition coefficient (Wildman–Crippen LogP) is 6.85. The molecule has 0 amide bonds. The molecular formula is C27H25BrN2O2S. The van der Waals surface area contributed by atoms with E-state index in [1.807, 2.05) is 55.6 Å². The number of sulfonamides is 1. The van der Waals surface area contributed by atoms with Crippen LogP contribution in [-0.2, 0) is 10.0 Å². The topological polar surface area (TPSA) is 53.2 Å². The van der Waals surface area contributed by atoms with Gasteiger partial charge in [-0.3, -0.25) is 4.31 Å². The minimum absolute atomic E-state index is 0.0338. The number of H-pyrrole nitrogens is 1. The molecule has 1 aliphatic carbocycles. The van der Waals surface area contributed by atoms with Crippen molar-refractivity contribution in [1.82, 2.24) is 9.29 Å². The number of hydrogen-bond acceptors (Lipinski definition) is 2. The molecular weight excluding hydrogens is 496 g/mol. The van der Waals surface area contributed by atoms with E-state index in [0.29, 0.717) is 4.90 Å². The van der Waals surface area contributed by atoms with Crippen molar-refractivity contribution in [3.05, 3.63) is 106 Å². The quantitative estimate of drug-likeness (QED) is 0.312. The van der Waals surface area contributed by atoms with E-state index in [0.717, 1.165) is 56.2 Å². The van der Waals surface area contributed by atoms with E-state index < -0.39 is 10.0 Å². The predicted molar refractivity (Wildman–Crippen MR) is 137 cm³/mol. The highest BCUT2D eigenvalue weighted by Crippen LogP contribution is 2.48. The van der Waals surface area contributed by atoms with Crippen LogP contribution < -0.4 is 0 Å². The fraction of sp³-hybridized carbons (Fsp3) is 0.185. The van der Waals surface area contributed by atoms with Crippen LogP contribution in [0.2, 0.25) is 0 Å². The zero-order chi connectivity index (χ0) is 23.2. The van der Waals surface area contributed by atoms with Crippen LogP contribution in [0, 0.1) is 6.92 Å². The highest BCUT2D eigenvalue weighted by atomic mass is 79.9. The SMILES string of the molecule is Cc1ccc(S(=O)(=O)N(C)C2=C(c3ccccc3)CC[C@@H]2c2c[nH]c3ccc(Br)cc23)cc1. The van der Waals surface area contributed by atoms with Gasteiger partial charge in [-0.25, -0.2) is 8.42 Å². The summed E-state index contributed by atoms with van der Waals surface area (Å²) in [6.45, 7) is 1.96. The Morgan fingerprint density at radius 3 is 2.45 bits per heavy atom. The number of aromatic amines is 1. The van der Waals surface area contributed by atoms with Gasteiger partial charge in [-0.1, -0.05) is 64.0 Å². The molecule has 4 aromatic rings. The summed E-state index contributed by atoms with van der Waals surface area (Å²) in [5.41, 5.74) is 6.21. The van der Waals surface area contributed by atoms with E-state index in [-0.39, 0.29) is 5.92 Å². The van der Waals surface area contributed by atoms with Crippen molar-refractivity contribution in [2.75, 3.05) is 7.05 Å². The summed E-state index contributed by atoms with van der Waals surface area (Å²) in [6, 6.07) is 23.4. The summed E-state index contributed by atoms with van der Waals surface area (Å²) >= 11 is 3.59. The Balaban J connectivity index is 1.68. The lowest BCUT2D eigenvalue weighted by Crippen LogP contribution is -2.28. The largest absolute Gasteiger partial charge is 0.361 e. The van der Waals surface area contributed by atoms with E-state index in [1.165, 1.54) is 4.31 Å². The maximum Gasteiger partial charge on any atom is 0.263 e. The molecule has 4 nitrogen and oxygen atoms in total. The number of hydrogen-bond donors (Lipinski definition) is 1. The second kappa shape index (κ2) is 8.50. The van der Waals surface area contributed by atoms with Gasteiger partial charge in [0.1, 0.15) is 0 Å². The van der Waals surface area contributed by atoms with Crippen molar-refractivity contribution < 1.29 is 8.42 Å². The molecule has 1 atom stereocenters. The third-order valence-electron chi connectivity index (χ3n) is 6.51. The normalized spacial score (nSPS) is 16.5. The molecule has 3 aromatic carbocycles. The molecule has 168 valence electrons. The van der Waals surface area contributed by atoms with Crippen molar-refractivity contribution in [1.29, 1.82) is 0 Å². The Kier molecular flexibility index (Phi) is 5.67. The average Bonchev–Trinajstić information content (AvgIpc) is 3.43. The molecule has 1 aromatic heterocycles. The summed E-state index contributed by atoms with van der Waals surface area (Å²) in [5, 5.41) is 1.11. The third-order valence-corrected chi connectivity index (χ3v) is 8.79. The first-order valence-corrected chi connectivity index (χ1v) is 13.2. The second-order valence-electron chi connectivity index (χ2n) is 8.54. The van der Waals surface area contributed by atoms with Gasteiger partial charge in [0, 0.05) is 40.2 Å². The minimum atomic E-state index is -3.71. The molecule has 33 heavy (non-hydrogen) atoms. The standard InChI is InChI=1S/C27H25BrN2O2S/c1-18-8-11-21(12-9-18)33(31,32)30(2)27-22(19-6-4-3-5-7-19)13-14-23(27)25-17-29-26-15-10-20(28)16-24(25)26/h3-12,15-17,23,29H,13-14H2,1-2H3/t23-/m1/s1. The van der Waals surface area contributed by atoms with Crippen LogP contribution >= 0.6 is 15.9 Å². The van der Waals surface area contributed by atoms with Crippen LogP contribution in [0.4, 0.5) is 0 Å². The molecule has 0 radical (unpaired) electrons. The van der Waals surface area contributed by atoms with Crippen LogP contribution in [0.25, 0.3) is 16.5 Å². The van der Waals surface area contributed by atoms with Crippen LogP contribution in [-0.4, -0.2) is 24.8 Å². The highest BCUT2D eigenvalue weighted by Gasteiger charge is 2.36. The van der Waals surface area contributed by atoms with Crippen LogP contribution in [0.1, 0.15) is 35.4 Å². The van der Waals surface area contributed by atoms with Gasteiger partial charge in [0.2, 0.25) is 0 Å². The van der Waals surface area contributed by atoms with Gasteiger partial charge in [-0.05, 0) is 66.8 Å². The van der Waals surface area contributed by atoms with Crippen molar-refractivity contribution >= 4 is 42.4 Å². The lowest BCUT2D eigenvalue weighted by molar-refractivity contribution is 0.505. The molecule has 0 unspecified atom stereocenters. The van der Waals surface area contributed by atoms with Crippen LogP contribution in [0.5, 0.6) is 0 Å². The van der Waals surface area contributed by atoms with Crippen LogP contribution in [0.15, 0.2) is 94.1 Å².